The number of carbonyl (C=O) groups is 1. The minimum absolute atomic E-state index is 0.0479. The van der Waals surface area contributed by atoms with E-state index < -0.39 is 10.0 Å². The van der Waals surface area contributed by atoms with Crippen LogP contribution in [-0.4, -0.2) is 55.8 Å². The highest BCUT2D eigenvalue weighted by Crippen LogP contribution is 2.24. The second-order valence-corrected chi connectivity index (χ2v) is 9.15. The van der Waals surface area contributed by atoms with Gasteiger partial charge >= 0.3 is 0 Å². The molecule has 2 rings (SSSR count). The number of amides is 1. The Kier molecular flexibility index (Phi) is 6.24. The number of piperidine rings is 1. The van der Waals surface area contributed by atoms with E-state index in [4.69, 9.17) is 5.73 Å². The Morgan fingerprint density at radius 2 is 1.92 bits per heavy atom. The summed E-state index contributed by atoms with van der Waals surface area (Å²) in [4.78, 5) is 14.8. The van der Waals surface area contributed by atoms with Gasteiger partial charge in [0.05, 0.1) is 4.90 Å². The number of benzene rings is 1. The highest BCUT2D eigenvalue weighted by Gasteiger charge is 2.30. The average Bonchev–Trinajstić information content (AvgIpc) is 2.60. The molecule has 0 spiro atoms. The normalized spacial score (nSPS) is 21.8. The molecule has 1 heterocycles. The summed E-state index contributed by atoms with van der Waals surface area (Å²) < 4.78 is 26.3. The predicted octanol–water partition coefficient (Wildman–Crippen LogP) is 1.91. The van der Waals surface area contributed by atoms with Gasteiger partial charge in [0.25, 0.3) is 5.91 Å². The fraction of sp³-hybridized carbons (Fsp3) is 0.611. The summed E-state index contributed by atoms with van der Waals surface area (Å²) in [5.74, 6) is 0.486. The first-order valence-corrected chi connectivity index (χ1v) is 10.2. The van der Waals surface area contributed by atoms with Gasteiger partial charge in [0.1, 0.15) is 0 Å². The van der Waals surface area contributed by atoms with Gasteiger partial charge in [-0.25, -0.2) is 8.42 Å². The monoisotopic (exact) mass is 367 g/mol. The van der Waals surface area contributed by atoms with Crippen LogP contribution in [0.4, 0.5) is 0 Å². The number of nitrogens with zero attached hydrogens (tertiary/aromatic N) is 2. The Hall–Kier alpha value is -1.44. The van der Waals surface area contributed by atoms with Crippen LogP contribution in [0.2, 0.25) is 0 Å². The Morgan fingerprint density at radius 3 is 2.44 bits per heavy atom. The van der Waals surface area contributed by atoms with Crippen molar-refractivity contribution in [2.45, 2.75) is 50.6 Å². The predicted molar refractivity (Wildman–Crippen MR) is 98.8 cm³/mol. The molecular formula is C18H29N3O3S. The molecular weight excluding hydrogens is 338 g/mol. The zero-order chi connectivity index (χ0) is 18.8. The van der Waals surface area contributed by atoms with Crippen LogP contribution in [0.5, 0.6) is 0 Å². The van der Waals surface area contributed by atoms with Gasteiger partial charge in [-0.1, -0.05) is 6.92 Å². The van der Waals surface area contributed by atoms with Gasteiger partial charge in [0.15, 0.2) is 0 Å². The van der Waals surface area contributed by atoms with Gasteiger partial charge in [-0.2, -0.15) is 4.31 Å². The lowest BCUT2D eigenvalue weighted by Gasteiger charge is -2.38. The van der Waals surface area contributed by atoms with E-state index in [0.29, 0.717) is 24.6 Å². The van der Waals surface area contributed by atoms with Crippen LogP contribution in [-0.2, 0) is 10.0 Å². The highest BCUT2D eigenvalue weighted by atomic mass is 32.2. The van der Waals surface area contributed by atoms with Crippen molar-refractivity contribution >= 4 is 15.9 Å². The molecule has 7 heteroatoms. The molecule has 1 aliphatic heterocycles. The Morgan fingerprint density at radius 1 is 1.32 bits per heavy atom. The van der Waals surface area contributed by atoms with Crippen LogP contribution in [0.15, 0.2) is 29.2 Å². The Labute approximate surface area is 151 Å². The first-order chi connectivity index (χ1) is 11.7. The molecule has 140 valence electrons. The van der Waals surface area contributed by atoms with Crippen LogP contribution >= 0.6 is 0 Å². The molecule has 0 aromatic heterocycles. The lowest BCUT2D eigenvalue weighted by Crippen LogP contribution is -2.49. The summed E-state index contributed by atoms with van der Waals surface area (Å²) >= 11 is 0. The van der Waals surface area contributed by atoms with E-state index >= 15 is 0 Å². The van der Waals surface area contributed by atoms with Crippen molar-refractivity contribution in [3.63, 3.8) is 0 Å². The topological polar surface area (TPSA) is 83.7 Å². The zero-order valence-corrected chi connectivity index (χ0v) is 16.3. The fourth-order valence-electron chi connectivity index (χ4n) is 3.12. The molecule has 1 aromatic rings. The molecule has 0 radical (unpaired) electrons. The molecule has 2 unspecified atom stereocenters. The lowest BCUT2D eigenvalue weighted by atomic mass is 9.92. The maximum absolute atomic E-state index is 12.8. The van der Waals surface area contributed by atoms with Gasteiger partial charge in [0, 0.05) is 37.8 Å². The lowest BCUT2D eigenvalue weighted by molar-refractivity contribution is 0.0573. The maximum Gasteiger partial charge on any atom is 0.254 e. The van der Waals surface area contributed by atoms with Crippen LogP contribution in [0.1, 0.15) is 44.0 Å². The van der Waals surface area contributed by atoms with Crippen LogP contribution in [0.25, 0.3) is 0 Å². The summed E-state index contributed by atoms with van der Waals surface area (Å²) in [6.45, 7) is 6.95. The first kappa shape index (κ1) is 19.9. The van der Waals surface area contributed by atoms with Crippen molar-refractivity contribution in [2.75, 3.05) is 20.1 Å². The number of likely N-dealkylation sites (tertiary alicyclic amines) is 1. The van der Waals surface area contributed by atoms with Gasteiger partial charge < -0.3 is 10.6 Å². The number of carbonyl (C=O) groups excluding carboxylic acids is 1. The van der Waals surface area contributed by atoms with Crippen molar-refractivity contribution in [1.29, 1.82) is 0 Å². The van der Waals surface area contributed by atoms with E-state index in [1.807, 2.05) is 18.7 Å². The number of sulfonamides is 1. The largest absolute Gasteiger partial charge is 0.334 e. The average molecular weight is 368 g/mol. The van der Waals surface area contributed by atoms with Crippen molar-refractivity contribution in [3.8, 4) is 0 Å². The van der Waals surface area contributed by atoms with Gasteiger partial charge in [-0.15, -0.1) is 0 Å². The molecule has 1 fully saturated rings. The molecule has 1 aromatic carbocycles. The van der Waals surface area contributed by atoms with Gasteiger partial charge in [-0.05, 0) is 56.9 Å². The SMILES string of the molecule is CC1CCN(C(=O)c2ccc(S(=O)(=O)N(C)C(C)C)cc2)C(CN)C1. The van der Waals surface area contributed by atoms with Crippen molar-refractivity contribution < 1.29 is 13.2 Å². The van der Waals surface area contributed by atoms with Crippen LogP contribution in [0.3, 0.4) is 0 Å². The van der Waals surface area contributed by atoms with E-state index in [9.17, 15) is 13.2 Å². The molecule has 0 saturated carbocycles. The molecule has 1 amide bonds. The summed E-state index contributed by atoms with van der Waals surface area (Å²) in [5, 5.41) is 0. The van der Waals surface area contributed by atoms with Crippen LogP contribution in [0, 0.1) is 5.92 Å². The van der Waals surface area contributed by atoms with Crippen LogP contribution < -0.4 is 5.73 Å². The van der Waals surface area contributed by atoms with Crippen molar-refractivity contribution in [3.05, 3.63) is 29.8 Å². The van der Waals surface area contributed by atoms with Gasteiger partial charge in [-0.3, -0.25) is 4.79 Å². The molecule has 25 heavy (non-hydrogen) atoms. The standard InChI is InChI=1S/C18H29N3O3S/c1-13(2)20(4)25(23,24)17-7-5-15(6-8-17)18(22)21-10-9-14(3)11-16(21)12-19/h5-8,13-14,16H,9-12,19H2,1-4H3. The molecule has 2 N–H and O–H groups in total. The van der Waals surface area contributed by atoms with Gasteiger partial charge in [0.2, 0.25) is 10.0 Å². The van der Waals surface area contributed by atoms with E-state index in [-0.39, 0.29) is 22.9 Å². The van der Waals surface area contributed by atoms with E-state index in [0.717, 1.165) is 12.8 Å². The Bertz CT molecular complexity index is 701. The zero-order valence-electron chi connectivity index (χ0n) is 15.5. The summed E-state index contributed by atoms with van der Waals surface area (Å²) in [7, 11) is -1.98. The summed E-state index contributed by atoms with van der Waals surface area (Å²) in [6.07, 6.45) is 1.88. The number of rotatable bonds is 5. The van der Waals surface area contributed by atoms with E-state index in [1.54, 1.807) is 19.2 Å². The minimum atomic E-state index is -3.54. The second kappa shape index (κ2) is 7.85. The number of hydrogen-bond acceptors (Lipinski definition) is 4. The molecule has 0 bridgehead atoms. The highest BCUT2D eigenvalue weighted by molar-refractivity contribution is 7.89. The van der Waals surface area contributed by atoms with Crippen molar-refractivity contribution in [2.24, 2.45) is 11.7 Å². The molecule has 1 saturated heterocycles. The first-order valence-electron chi connectivity index (χ1n) is 8.77. The fourth-order valence-corrected chi connectivity index (χ4v) is 4.49. The summed E-state index contributed by atoms with van der Waals surface area (Å²) in [6, 6.07) is 6.11. The summed E-state index contributed by atoms with van der Waals surface area (Å²) in [5.41, 5.74) is 6.34. The third-order valence-corrected chi connectivity index (χ3v) is 7.06. The molecule has 0 aliphatic carbocycles. The van der Waals surface area contributed by atoms with E-state index in [1.165, 1.54) is 16.4 Å². The Balaban J connectivity index is 2.21. The quantitative estimate of drug-likeness (QED) is 0.862. The van der Waals surface area contributed by atoms with Crippen molar-refractivity contribution in [1.82, 2.24) is 9.21 Å². The smallest absolute Gasteiger partial charge is 0.254 e. The third-order valence-electron chi connectivity index (χ3n) is 5.02. The van der Waals surface area contributed by atoms with E-state index in [2.05, 4.69) is 6.92 Å². The third kappa shape index (κ3) is 4.22. The molecule has 6 nitrogen and oxygen atoms in total. The number of nitrogens with two attached hydrogens (primary N) is 1. The number of hydrogen-bond donors (Lipinski definition) is 1. The minimum Gasteiger partial charge on any atom is -0.334 e. The maximum atomic E-state index is 12.8. The molecule has 1 aliphatic rings. The second-order valence-electron chi connectivity index (χ2n) is 7.16. The molecule has 2 atom stereocenters.